The molecule has 0 saturated carbocycles. The fraction of sp³-hybridized carbons (Fsp3) is 0.0667. The summed E-state index contributed by atoms with van der Waals surface area (Å²) in [5.74, 6) is 0.885. The number of nitrogens with zero attached hydrogens (tertiary/aromatic N) is 1. The fourth-order valence-corrected chi connectivity index (χ4v) is 2.38. The molecule has 1 amide bonds. The molecule has 4 nitrogen and oxygen atoms in total. The van der Waals surface area contributed by atoms with Crippen LogP contribution in [0.15, 0.2) is 45.4 Å². The molecule has 2 heterocycles. The zero-order valence-electron chi connectivity index (χ0n) is 11.0. The first-order chi connectivity index (χ1) is 10.0. The van der Waals surface area contributed by atoms with Gasteiger partial charge in [-0.3, -0.25) is 4.79 Å². The van der Waals surface area contributed by atoms with Crippen molar-refractivity contribution in [2.45, 2.75) is 6.92 Å². The summed E-state index contributed by atoms with van der Waals surface area (Å²) in [7, 11) is 0. The van der Waals surface area contributed by atoms with Crippen LogP contribution in [0.25, 0.3) is 17.4 Å². The number of amides is 1. The van der Waals surface area contributed by atoms with Crippen LogP contribution in [0.2, 0.25) is 10.0 Å². The molecule has 0 unspecified atom stereocenters. The molecule has 1 aliphatic rings. The first-order valence-electron chi connectivity index (χ1n) is 6.16. The normalized spacial score (nSPS) is 16.2. The van der Waals surface area contributed by atoms with Gasteiger partial charge in [-0.25, -0.2) is 5.43 Å². The van der Waals surface area contributed by atoms with Crippen molar-refractivity contribution in [3.05, 3.63) is 51.7 Å². The lowest BCUT2D eigenvalue weighted by molar-refractivity contribution is -0.116. The van der Waals surface area contributed by atoms with Crippen molar-refractivity contribution in [1.82, 2.24) is 5.43 Å². The highest BCUT2D eigenvalue weighted by atomic mass is 35.5. The number of benzene rings is 1. The zero-order chi connectivity index (χ0) is 15.0. The lowest BCUT2D eigenvalue weighted by Gasteiger charge is -2.01. The molecule has 0 spiro atoms. The second-order valence-corrected chi connectivity index (χ2v) is 5.37. The van der Waals surface area contributed by atoms with E-state index in [1.165, 1.54) is 0 Å². The molecule has 0 bridgehead atoms. The molecule has 0 saturated heterocycles. The van der Waals surface area contributed by atoms with Crippen molar-refractivity contribution in [3.8, 4) is 11.3 Å². The maximum atomic E-state index is 11.6. The van der Waals surface area contributed by atoms with E-state index in [4.69, 9.17) is 27.6 Å². The maximum absolute atomic E-state index is 11.6. The van der Waals surface area contributed by atoms with Gasteiger partial charge >= 0.3 is 0 Å². The Kier molecular flexibility index (Phi) is 3.57. The first kappa shape index (κ1) is 13.9. The molecule has 2 aromatic rings. The third kappa shape index (κ3) is 2.73. The van der Waals surface area contributed by atoms with Crippen LogP contribution in [0.5, 0.6) is 0 Å². The number of furan rings is 1. The lowest BCUT2D eigenvalue weighted by Crippen LogP contribution is -2.12. The Morgan fingerprint density at radius 2 is 2.05 bits per heavy atom. The smallest absolute Gasteiger partial charge is 0.273 e. The molecule has 0 fully saturated rings. The van der Waals surface area contributed by atoms with Gasteiger partial charge in [-0.15, -0.1) is 0 Å². The predicted octanol–water partition coefficient (Wildman–Crippen LogP) is 4.14. The minimum Gasteiger partial charge on any atom is -0.457 e. The number of carbonyl (C=O) groups excluding carboxylic acids is 1. The molecule has 21 heavy (non-hydrogen) atoms. The van der Waals surface area contributed by atoms with Gasteiger partial charge in [-0.05, 0) is 43.3 Å². The van der Waals surface area contributed by atoms with Gasteiger partial charge in [0.25, 0.3) is 5.91 Å². The summed E-state index contributed by atoms with van der Waals surface area (Å²) in [6.07, 6.45) is 1.64. The topological polar surface area (TPSA) is 54.6 Å². The Bertz CT molecular complexity index is 791. The fourth-order valence-electron chi connectivity index (χ4n) is 1.99. The zero-order valence-corrected chi connectivity index (χ0v) is 12.5. The molecular weight excluding hydrogens is 311 g/mol. The van der Waals surface area contributed by atoms with Crippen LogP contribution in [0, 0.1) is 0 Å². The third-order valence-corrected chi connectivity index (χ3v) is 3.63. The van der Waals surface area contributed by atoms with Crippen LogP contribution in [0.3, 0.4) is 0 Å². The van der Waals surface area contributed by atoms with Crippen molar-refractivity contribution in [1.29, 1.82) is 0 Å². The van der Waals surface area contributed by atoms with E-state index < -0.39 is 0 Å². The Hall–Kier alpha value is -2.04. The molecule has 3 rings (SSSR count). The first-order valence-corrected chi connectivity index (χ1v) is 6.92. The van der Waals surface area contributed by atoms with Gasteiger partial charge in [0.1, 0.15) is 11.5 Å². The molecule has 1 N–H and O–H groups in total. The van der Waals surface area contributed by atoms with E-state index in [1.54, 1.807) is 43.3 Å². The highest BCUT2D eigenvalue weighted by molar-refractivity contribution is 6.35. The van der Waals surface area contributed by atoms with E-state index in [-0.39, 0.29) is 5.91 Å². The number of carbonyl (C=O) groups is 1. The van der Waals surface area contributed by atoms with E-state index in [1.807, 2.05) is 0 Å². The Balaban J connectivity index is 1.98. The Morgan fingerprint density at radius 1 is 1.24 bits per heavy atom. The highest BCUT2D eigenvalue weighted by Gasteiger charge is 2.19. The van der Waals surface area contributed by atoms with Gasteiger partial charge in [0, 0.05) is 10.6 Å². The summed E-state index contributed by atoms with van der Waals surface area (Å²) in [6.45, 7) is 1.75. The van der Waals surface area contributed by atoms with Crippen molar-refractivity contribution in [2.24, 2.45) is 5.10 Å². The number of hydrazone groups is 1. The average molecular weight is 321 g/mol. The van der Waals surface area contributed by atoms with Crippen molar-refractivity contribution >= 4 is 40.9 Å². The van der Waals surface area contributed by atoms with Crippen LogP contribution >= 0.6 is 23.2 Å². The molecule has 1 aromatic carbocycles. The van der Waals surface area contributed by atoms with Gasteiger partial charge in [0.05, 0.1) is 16.3 Å². The van der Waals surface area contributed by atoms with E-state index in [9.17, 15) is 4.79 Å². The van der Waals surface area contributed by atoms with Crippen molar-refractivity contribution in [3.63, 3.8) is 0 Å². The van der Waals surface area contributed by atoms with Crippen LogP contribution < -0.4 is 5.43 Å². The summed E-state index contributed by atoms with van der Waals surface area (Å²) < 4.78 is 5.71. The van der Waals surface area contributed by atoms with Crippen LogP contribution in [-0.4, -0.2) is 11.6 Å². The number of halogens is 2. The van der Waals surface area contributed by atoms with Gasteiger partial charge in [-0.2, -0.15) is 5.10 Å². The molecule has 0 radical (unpaired) electrons. The quantitative estimate of drug-likeness (QED) is 0.845. The SMILES string of the molecule is CC1=NNC(=O)/C1=C/c1ccc(-c2cc(Cl)ccc2Cl)o1. The largest absolute Gasteiger partial charge is 0.457 e. The Morgan fingerprint density at radius 3 is 2.76 bits per heavy atom. The van der Waals surface area contributed by atoms with Gasteiger partial charge < -0.3 is 4.42 Å². The number of nitrogens with one attached hydrogen (secondary N) is 1. The maximum Gasteiger partial charge on any atom is 0.273 e. The van der Waals surface area contributed by atoms with Crippen LogP contribution in [-0.2, 0) is 4.79 Å². The average Bonchev–Trinajstić information content (AvgIpc) is 3.04. The summed E-state index contributed by atoms with van der Waals surface area (Å²) in [5, 5.41) is 4.97. The Labute approximate surface area is 131 Å². The molecular formula is C15H10Cl2N2O2. The lowest BCUT2D eigenvalue weighted by atomic mass is 10.1. The number of hydrogen-bond acceptors (Lipinski definition) is 3. The molecule has 0 atom stereocenters. The highest BCUT2D eigenvalue weighted by Crippen LogP contribution is 2.32. The second-order valence-electron chi connectivity index (χ2n) is 4.52. The summed E-state index contributed by atoms with van der Waals surface area (Å²) >= 11 is 12.1. The third-order valence-electron chi connectivity index (χ3n) is 3.07. The van der Waals surface area contributed by atoms with Gasteiger partial charge in [0.15, 0.2) is 0 Å². The van der Waals surface area contributed by atoms with E-state index in [2.05, 4.69) is 10.5 Å². The second kappa shape index (κ2) is 5.39. The molecule has 1 aliphatic heterocycles. The summed E-state index contributed by atoms with van der Waals surface area (Å²) in [4.78, 5) is 11.6. The molecule has 106 valence electrons. The van der Waals surface area contributed by atoms with Crippen molar-refractivity contribution < 1.29 is 9.21 Å². The van der Waals surface area contributed by atoms with Gasteiger partial charge in [-0.1, -0.05) is 23.2 Å². The van der Waals surface area contributed by atoms with E-state index in [0.29, 0.717) is 38.4 Å². The predicted molar refractivity (Wildman–Crippen MR) is 83.4 cm³/mol. The van der Waals surface area contributed by atoms with Crippen molar-refractivity contribution in [2.75, 3.05) is 0 Å². The van der Waals surface area contributed by atoms with Gasteiger partial charge in [0.2, 0.25) is 0 Å². The minimum atomic E-state index is -0.244. The molecule has 0 aliphatic carbocycles. The van der Waals surface area contributed by atoms with E-state index >= 15 is 0 Å². The molecule has 6 heteroatoms. The number of rotatable bonds is 2. The molecule has 1 aromatic heterocycles. The number of hydrogen-bond donors (Lipinski definition) is 1. The summed E-state index contributed by atoms with van der Waals surface area (Å²) in [6, 6.07) is 8.69. The van der Waals surface area contributed by atoms with E-state index in [0.717, 1.165) is 0 Å². The summed E-state index contributed by atoms with van der Waals surface area (Å²) in [5.41, 5.74) is 4.20. The van der Waals surface area contributed by atoms with Crippen LogP contribution in [0.4, 0.5) is 0 Å². The minimum absolute atomic E-state index is 0.244. The standard InChI is InChI=1S/C15H10Cl2N2O2/c1-8-11(15(20)19-18-8)7-10-3-5-14(21-10)12-6-9(16)2-4-13(12)17/h2-7H,1H3,(H,19,20)/b11-7+. The monoisotopic (exact) mass is 320 g/mol. The van der Waals surface area contributed by atoms with Crippen LogP contribution in [0.1, 0.15) is 12.7 Å².